The molecule has 0 aliphatic carbocycles. The van der Waals surface area contributed by atoms with Crippen molar-refractivity contribution in [3.63, 3.8) is 0 Å². The number of rotatable bonds is 3. The highest BCUT2D eigenvalue weighted by Gasteiger charge is 2.11. The molecule has 0 aromatic carbocycles. The van der Waals surface area contributed by atoms with Crippen molar-refractivity contribution in [3.05, 3.63) is 35.2 Å². The first kappa shape index (κ1) is 11.8. The van der Waals surface area contributed by atoms with E-state index in [4.69, 9.17) is 0 Å². The summed E-state index contributed by atoms with van der Waals surface area (Å²) in [6.07, 6.45) is 7.13. The second-order valence-corrected chi connectivity index (χ2v) is 5.32. The van der Waals surface area contributed by atoms with E-state index in [9.17, 15) is 0 Å². The zero-order valence-corrected chi connectivity index (χ0v) is 11.3. The summed E-state index contributed by atoms with van der Waals surface area (Å²) in [5.41, 5.74) is 2.93. The average Bonchev–Trinajstić information content (AvgIpc) is 3.01. The van der Waals surface area contributed by atoms with E-state index in [2.05, 4.69) is 30.5 Å². The molecule has 0 spiro atoms. The maximum absolute atomic E-state index is 4.54. The van der Waals surface area contributed by atoms with Gasteiger partial charge in [0.15, 0.2) is 5.13 Å². The number of hydrogen-bond acceptors (Lipinski definition) is 6. The lowest BCUT2D eigenvalue weighted by molar-refractivity contribution is 1.09. The molecule has 2 N–H and O–H groups in total. The van der Waals surface area contributed by atoms with Gasteiger partial charge in [-0.3, -0.25) is 5.10 Å². The Morgan fingerprint density at radius 2 is 1.95 bits per heavy atom. The molecular weight excluding hydrogens is 260 g/mol. The van der Waals surface area contributed by atoms with Crippen molar-refractivity contribution >= 4 is 22.4 Å². The van der Waals surface area contributed by atoms with Gasteiger partial charge in [0.2, 0.25) is 5.95 Å². The van der Waals surface area contributed by atoms with Gasteiger partial charge in [-0.1, -0.05) is 0 Å². The van der Waals surface area contributed by atoms with E-state index in [-0.39, 0.29) is 0 Å². The Morgan fingerprint density at radius 3 is 2.63 bits per heavy atom. The number of aromatic nitrogens is 5. The second-order valence-electron chi connectivity index (χ2n) is 4.12. The fourth-order valence-corrected chi connectivity index (χ4v) is 2.48. The molecule has 0 radical (unpaired) electrons. The molecule has 0 amide bonds. The summed E-state index contributed by atoms with van der Waals surface area (Å²) in [4.78, 5) is 14.1. The van der Waals surface area contributed by atoms with Crippen LogP contribution in [0.1, 0.15) is 10.4 Å². The molecule has 7 heteroatoms. The first-order chi connectivity index (χ1) is 9.22. The third-order valence-corrected chi connectivity index (χ3v) is 3.45. The van der Waals surface area contributed by atoms with Crippen LogP contribution in [0.5, 0.6) is 0 Å². The number of aryl methyl sites for hydroxylation is 2. The quantitative estimate of drug-likeness (QED) is 0.766. The molecule has 3 aromatic heterocycles. The number of nitrogens with zero attached hydrogens (tertiary/aromatic N) is 4. The van der Waals surface area contributed by atoms with Crippen LogP contribution in [0, 0.1) is 13.8 Å². The van der Waals surface area contributed by atoms with Crippen molar-refractivity contribution in [2.24, 2.45) is 0 Å². The molecule has 0 unspecified atom stereocenters. The number of H-pyrrole nitrogens is 1. The molecule has 3 aromatic rings. The molecule has 0 saturated carbocycles. The Morgan fingerprint density at radius 1 is 1.16 bits per heavy atom. The van der Waals surface area contributed by atoms with Gasteiger partial charge in [-0.25, -0.2) is 15.0 Å². The van der Waals surface area contributed by atoms with Crippen molar-refractivity contribution in [1.82, 2.24) is 25.1 Å². The number of hydrogen-bond donors (Lipinski definition) is 2. The summed E-state index contributed by atoms with van der Waals surface area (Å²) >= 11 is 1.57. The maximum Gasteiger partial charge on any atom is 0.228 e. The molecule has 3 heterocycles. The molecule has 0 atom stereocenters. The molecule has 0 fully saturated rings. The minimum atomic E-state index is 0.554. The van der Waals surface area contributed by atoms with Gasteiger partial charge in [0, 0.05) is 29.0 Å². The molecule has 0 bridgehead atoms. The van der Waals surface area contributed by atoms with Gasteiger partial charge in [-0.15, -0.1) is 11.3 Å². The van der Waals surface area contributed by atoms with Gasteiger partial charge in [0.05, 0.1) is 11.9 Å². The molecule has 19 heavy (non-hydrogen) atoms. The third-order valence-electron chi connectivity index (χ3n) is 2.57. The van der Waals surface area contributed by atoms with E-state index in [1.165, 1.54) is 0 Å². The predicted molar refractivity (Wildman–Crippen MR) is 74.5 cm³/mol. The van der Waals surface area contributed by atoms with Crippen LogP contribution in [-0.4, -0.2) is 25.1 Å². The van der Waals surface area contributed by atoms with E-state index in [0.29, 0.717) is 5.95 Å². The SMILES string of the molecule is Cc1cnc(Nc2nc(-c3cn[nH]c3)c(C)s2)nc1. The van der Waals surface area contributed by atoms with Crippen LogP contribution >= 0.6 is 11.3 Å². The molecule has 0 aliphatic rings. The van der Waals surface area contributed by atoms with Gasteiger partial charge < -0.3 is 5.32 Å². The first-order valence-corrected chi connectivity index (χ1v) is 6.56. The van der Waals surface area contributed by atoms with Crippen molar-refractivity contribution in [3.8, 4) is 11.3 Å². The van der Waals surface area contributed by atoms with Crippen LogP contribution in [0.15, 0.2) is 24.8 Å². The normalized spacial score (nSPS) is 10.6. The van der Waals surface area contributed by atoms with Crippen molar-refractivity contribution in [2.75, 3.05) is 5.32 Å². The van der Waals surface area contributed by atoms with Crippen molar-refractivity contribution in [1.29, 1.82) is 0 Å². The summed E-state index contributed by atoms with van der Waals surface area (Å²) in [5, 5.41) is 10.6. The van der Waals surface area contributed by atoms with Gasteiger partial charge in [0.25, 0.3) is 0 Å². The van der Waals surface area contributed by atoms with Crippen LogP contribution in [0.4, 0.5) is 11.1 Å². The summed E-state index contributed by atoms with van der Waals surface area (Å²) in [6.45, 7) is 3.98. The molecule has 6 nitrogen and oxygen atoms in total. The van der Waals surface area contributed by atoms with Crippen LogP contribution in [0.2, 0.25) is 0 Å². The van der Waals surface area contributed by atoms with Gasteiger partial charge in [0.1, 0.15) is 0 Å². The number of anilines is 2. The van der Waals surface area contributed by atoms with E-state index < -0.39 is 0 Å². The Labute approximate surface area is 114 Å². The second kappa shape index (κ2) is 4.77. The highest BCUT2D eigenvalue weighted by atomic mass is 32.1. The summed E-state index contributed by atoms with van der Waals surface area (Å²) in [6, 6.07) is 0. The fourth-order valence-electron chi connectivity index (χ4n) is 1.65. The lowest BCUT2D eigenvalue weighted by atomic mass is 10.2. The van der Waals surface area contributed by atoms with E-state index in [1.54, 1.807) is 29.9 Å². The topological polar surface area (TPSA) is 79.4 Å². The maximum atomic E-state index is 4.54. The van der Waals surface area contributed by atoms with E-state index >= 15 is 0 Å². The Hall–Kier alpha value is -2.28. The number of thiazole rings is 1. The Bertz CT molecular complexity index is 671. The minimum Gasteiger partial charge on any atom is -0.300 e. The first-order valence-electron chi connectivity index (χ1n) is 5.74. The third kappa shape index (κ3) is 2.45. The highest BCUT2D eigenvalue weighted by Crippen LogP contribution is 2.30. The zero-order chi connectivity index (χ0) is 13.2. The summed E-state index contributed by atoms with van der Waals surface area (Å²) in [7, 11) is 0. The van der Waals surface area contributed by atoms with Crippen LogP contribution in [0.25, 0.3) is 11.3 Å². The molecule has 96 valence electrons. The highest BCUT2D eigenvalue weighted by molar-refractivity contribution is 7.16. The van der Waals surface area contributed by atoms with Crippen LogP contribution in [0.3, 0.4) is 0 Å². The lowest BCUT2D eigenvalue weighted by Gasteiger charge is -1.99. The lowest BCUT2D eigenvalue weighted by Crippen LogP contribution is -1.96. The van der Waals surface area contributed by atoms with Gasteiger partial charge in [-0.2, -0.15) is 5.10 Å². The van der Waals surface area contributed by atoms with Crippen molar-refractivity contribution < 1.29 is 0 Å². The smallest absolute Gasteiger partial charge is 0.228 e. The van der Waals surface area contributed by atoms with Crippen LogP contribution in [-0.2, 0) is 0 Å². The van der Waals surface area contributed by atoms with E-state index in [0.717, 1.165) is 26.8 Å². The largest absolute Gasteiger partial charge is 0.300 e. The fraction of sp³-hybridized carbons (Fsp3) is 0.167. The summed E-state index contributed by atoms with van der Waals surface area (Å²) in [5.74, 6) is 0.554. The Kier molecular flexibility index (Phi) is 2.96. The number of aromatic amines is 1. The van der Waals surface area contributed by atoms with E-state index in [1.807, 2.05) is 20.0 Å². The summed E-state index contributed by atoms with van der Waals surface area (Å²) < 4.78 is 0. The average molecular weight is 272 g/mol. The zero-order valence-electron chi connectivity index (χ0n) is 10.5. The predicted octanol–water partition coefficient (Wildman–Crippen LogP) is 2.68. The molecule has 3 rings (SSSR count). The number of nitrogens with one attached hydrogen (secondary N) is 2. The molecule has 0 saturated heterocycles. The Balaban J connectivity index is 1.87. The van der Waals surface area contributed by atoms with Crippen molar-refractivity contribution in [2.45, 2.75) is 13.8 Å². The minimum absolute atomic E-state index is 0.554. The van der Waals surface area contributed by atoms with Gasteiger partial charge >= 0.3 is 0 Å². The monoisotopic (exact) mass is 272 g/mol. The molecular formula is C12H12N6S. The standard InChI is InChI=1S/C12H12N6S/c1-7-3-13-11(14-4-7)18-12-17-10(8(2)19-12)9-5-15-16-6-9/h3-6H,1-2H3,(H,15,16)(H,13,14,17,18). The molecule has 0 aliphatic heterocycles. The van der Waals surface area contributed by atoms with Crippen LogP contribution < -0.4 is 5.32 Å². The van der Waals surface area contributed by atoms with Gasteiger partial charge in [-0.05, 0) is 19.4 Å².